The zero-order valence-corrected chi connectivity index (χ0v) is 19.5. The molecule has 2 atom stereocenters. The van der Waals surface area contributed by atoms with Crippen LogP contribution in [-0.2, 0) is 11.3 Å². The SMILES string of the molecule is CCNC(=NCC(=O)NCc1ccco1)N1CCC(c2ccccc2)C(C)C1.I. The lowest BCUT2D eigenvalue weighted by Crippen LogP contribution is -2.48. The molecule has 1 saturated heterocycles. The Kier molecular flexibility index (Phi) is 9.50. The number of benzene rings is 1. The fraction of sp³-hybridized carbons (Fsp3) is 0.455. The van der Waals surface area contributed by atoms with Crippen LogP contribution in [0.1, 0.15) is 37.5 Å². The Bertz CT molecular complexity index is 764. The molecule has 7 heteroatoms. The molecule has 2 aromatic rings. The number of furan rings is 1. The molecule has 1 aromatic heterocycles. The molecule has 1 aromatic carbocycles. The van der Waals surface area contributed by atoms with Crippen LogP contribution in [0, 0.1) is 5.92 Å². The molecule has 3 rings (SSSR count). The maximum atomic E-state index is 12.1. The topological polar surface area (TPSA) is 69.9 Å². The average Bonchev–Trinajstić information content (AvgIpc) is 3.24. The number of halogens is 1. The monoisotopic (exact) mass is 510 g/mol. The lowest BCUT2D eigenvalue weighted by atomic mass is 9.82. The summed E-state index contributed by atoms with van der Waals surface area (Å²) < 4.78 is 5.23. The van der Waals surface area contributed by atoms with Crippen molar-refractivity contribution in [2.24, 2.45) is 10.9 Å². The highest BCUT2D eigenvalue weighted by molar-refractivity contribution is 14.0. The second-order valence-corrected chi connectivity index (χ2v) is 7.26. The molecule has 0 radical (unpaired) electrons. The van der Waals surface area contributed by atoms with Crippen LogP contribution in [0.15, 0.2) is 58.1 Å². The van der Waals surface area contributed by atoms with Gasteiger partial charge in [-0.2, -0.15) is 0 Å². The van der Waals surface area contributed by atoms with Gasteiger partial charge in [0, 0.05) is 19.6 Å². The highest BCUT2D eigenvalue weighted by atomic mass is 127. The average molecular weight is 510 g/mol. The van der Waals surface area contributed by atoms with E-state index >= 15 is 0 Å². The largest absolute Gasteiger partial charge is 0.467 e. The molecule has 6 nitrogen and oxygen atoms in total. The van der Waals surface area contributed by atoms with E-state index in [0.29, 0.717) is 18.4 Å². The minimum absolute atomic E-state index is 0. The van der Waals surface area contributed by atoms with E-state index in [1.807, 2.05) is 19.1 Å². The van der Waals surface area contributed by atoms with Crippen LogP contribution in [0.5, 0.6) is 0 Å². The molecule has 29 heavy (non-hydrogen) atoms. The number of likely N-dealkylation sites (tertiary alicyclic amines) is 1. The highest BCUT2D eigenvalue weighted by Crippen LogP contribution is 2.32. The van der Waals surface area contributed by atoms with Gasteiger partial charge in [-0.1, -0.05) is 37.3 Å². The summed E-state index contributed by atoms with van der Waals surface area (Å²) in [5.74, 6) is 2.53. The third-order valence-corrected chi connectivity index (χ3v) is 5.18. The van der Waals surface area contributed by atoms with E-state index in [-0.39, 0.29) is 36.4 Å². The van der Waals surface area contributed by atoms with Gasteiger partial charge in [0.2, 0.25) is 5.91 Å². The Hall–Kier alpha value is -2.03. The fourth-order valence-electron chi connectivity index (χ4n) is 3.76. The Morgan fingerprint density at radius 3 is 2.66 bits per heavy atom. The number of carbonyl (C=O) groups is 1. The number of nitrogens with zero attached hydrogens (tertiary/aromatic N) is 2. The van der Waals surface area contributed by atoms with E-state index in [4.69, 9.17) is 4.42 Å². The molecular weight excluding hydrogens is 479 g/mol. The van der Waals surface area contributed by atoms with Crippen molar-refractivity contribution in [1.82, 2.24) is 15.5 Å². The minimum atomic E-state index is -0.112. The summed E-state index contributed by atoms with van der Waals surface area (Å²) in [4.78, 5) is 19.0. The first kappa shape index (κ1) is 23.3. The standard InChI is InChI=1S/C22H30N4O2.HI/c1-3-23-22(25-15-21(27)24-14-19-10-7-13-28-19)26-12-11-20(17(2)16-26)18-8-5-4-6-9-18;/h4-10,13,17,20H,3,11-12,14-16H2,1-2H3,(H,23,25)(H,24,27);1H. The molecule has 2 N–H and O–H groups in total. The van der Waals surface area contributed by atoms with Crippen molar-refractivity contribution < 1.29 is 9.21 Å². The van der Waals surface area contributed by atoms with Crippen LogP contribution < -0.4 is 10.6 Å². The predicted molar refractivity (Wildman–Crippen MR) is 126 cm³/mol. The van der Waals surface area contributed by atoms with Crippen molar-refractivity contribution in [1.29, 1.82) is 0 Å². The third kappa shape index (κ3) is 6.76. The number of hydrogen-bond acceptors (Lipinski definition) is 3. The van der Waals surface area contributed by atoms with Crippen LogP contribution in [0.25, 0.3) is 0 Å². The summed E-state index contributed by atoms with van der Waals surface area (Å²) in [5, 5.41) is 6.17. The molecule has 2 unspecified atom stereocenters. The van der Waals surface area contributed by atoms with Gasteiger partial charge >= 0.3 is 0 Å². The molecule has 158 valence electrons. The van der Waals surface area contributed by atoms with Crippen LogP contribution >= 0.6 is 24.0 Å². The Balaban J connectivity index is 0.00000300. The van der Waals surface area contributed by atoms with Gasteiger partial charge in [0.15, 0.2) is 5.96 Å². The summed E-state index contributed by atoms with van der Waals surface area (Å²) in [7, 11) is 0. The van der Waals surface area contributed by atoms with Crippen molar-refractivity contribution in [3.05, 3.63) is 60.1 Å². The zero-order chi connectivity index (χ0) is 19.8. The van der Waals surface area contributed by atoms with E-state index in [2.05, 4.69) is 57.8 Å². The summed E-state index contributed by atoms with van der Waals surface area (Å²) in [6.45, 7) is 7.48. The van der Waals surface area contributed by atoms with Gasteiger partial charge in [-0.15, -0.1) is 24.0 Å². The molecule has 0 bridgehead atoms. The summed E-state index contributed by atoms with van der Waals surface area (Å²) in [6, 6.07) is 14.4. The first-order valence-electron chi connectivity index (χ1n) is 10.0. The second kappa shape index (κ2) is 11.8. The minimum Gasteiger partial charge on any atom is -0.467 e. The number of guanidine groups is 1. The number of hydrogen-bond donors (Lipinski definition) is 2. The first-order chi connectivity index (χ1) is 13.7. The van der Waals surface area contributed by atoms with Gasteiger partial charge in [-0.3, -0.25) is 4.79 Å². The molecular formula is C22H31IN4O2. The molecule has 2 heterocycles. The van der Waals surface area contributed by atoms with Gasteiger partial charge in [0.05, 0.1) is 12.8 Å². The van der Waals surface area contributed by atoms with E-state index in [1.54, 1.807) is 6.26 Å². The van der Waals surface area contributed by atoms with Gasteiger partial charge in [-0.05, 0) is 42.9 Å². The summed E-state index contributed by atoms with van der Waals surface area (Å²) >= 11 is 0. The highest BCUT2D eigenvalue weighted by Gasteiger charge is 2.28. The van der Waals surface area contributed by atoms with Gasteiger partial charge in [0.1, 0.15) is 12.3 Å². The normalized spacial score (nSPS) is 19.4. The van der Waals surface area contributed by atoms with E-state index in [1.165, 1.54) is 5.56 Å². The predicted octanol–water partition coefficient (Wildman–Crippen LogP) is 3.60. The third-order valence-electron chi connectivity index (χ3n) is 5.18. The molecule has 0 saturated carbocycles. The Morgan fingerprint density at radius 1 is 1.21 bits per heavy atom. The van der Waals surface area contributed by atoms with Crippen molar-refractivity contribution in [3.8, 4) is 0 Å². The maximum Gasteiger partial charge on any atom is 0.242 e. The Morgan fingerprint density at radius 2 is 2.00 bits per heavy atom. The lowest BCUT2D eigenvalue weighted by Gasteiger charge is -2.39. The molecule has 1 aliphatic rings. The number of carbonyl (C=O) groups excluding carboxylic acids is 1. The molecule has 1 aliphatic heterocycles. The van der Waals surface area contributed by atoms with Gasteiger partial charge < -0.3 is 20.0 Å². The number of amides is 1. The maximum absolute atomic E-state index is 12.1. The molecule has 1 amide bonds. The lowest BCUT2D eigenvalue weighted by molar-refractivity contribution is -0.119. The van der Waals surface area contributed by atoms with Crippen molar-refractivity contribution in [2.45, 2.75) is 32.7 Å². The van der Waals surface area contributed by atoms with Gasteiger partial charge in [-0.25, -0.2) is 4.99 Å². The quantitative estimate of drug-likeness (QED) is 0.354. The van der Waals surface area contributed by atoms with Gasteiger partial charge in [0.25, 0.3) is 0 Å². The van der Waals surface area contributed by atoms with E-state index in [0.717, 1.165) is 37.8 Å². The van der Waals surface area contributed by atoms with Crippen LogP contribution in [0.3, 0.4) is 0 Å². The van der Waals surface area contributed by atoms with E-state index < -0.39 is 0 Å². The number of piperidine rings is 1. The van der Waals surface area contributed by atoms with Crippen molar-refractivity contribution >= 4 is 35.8 Å². The van der Waals surface area contributed by atoms with Crippen molar-refractivity contribution in [3.63, 3.8) is 0 Å². The summed E-state index contributed by atoms with van der Waals surface area (Å²) in [5.41, 5.74) is 1.41. The number of nitrogens with one attached hydrogen (secondary N) is 2. The number of aliphatic imine (C=N–C) groups is 1. The Labute approximate surface area is 190 Å². The number of rotatable bonds is 6. The van der Waals surface area contributed by atoms with Crippen LogP contribution in [0.4, 0.5) is 0 Å². The molecule has 0 spiro atoms. The molecule has 1 fully saturated rings. The zero-order valence-electron chi connectivity index (χ0n) is 17.1. The van der Waals surface area contributed by atoms with Crippen LogP contribution in [0.2, 0.25) is 0 Å². The smallest absolute Gasteiger partial charge is 0.242 e. The summed E-state index contributed by atoms with van der Waals surface area (Å²) in [6.07, 6.45) is 2.68. The molecule has 0 aliphatic carbocycles. The second-order valence-electron chi connectivity index (χ2n) is 7.26. The van der Waals surface area contributed by atoms with E-state index in [9.17, 15) is 4.79 Å². The van der Waals surface area contributed by atoms with Crippen molar-refractivity contribution in [2.75, 3.05) is 26.2 Å². The fourth-order valence-corrected chi connectivity index (χ4v) is 3.76. The van der Waals surface area contributed by atoms with Crippen LogP contribution in [-0.4, -0.2) is 42.9 Å². The first-order valence-corrected chi connectivity index (χ1v) is 10.0.